The maximum atomic E-state index is 12.8. The lowest BCUT2D eigenvalue weighted by molar-refractivity contribution is -0.141. The molecule has 0 spiro atoms. The molecule has 1 unspecified atom stereocenters. The van der Waals surface area contributed by atoms with Crippen LogP contribution in [0, 0.1) is 0 Å². The summed E-state index contributed by atoms with van der Waals surface area (Å²) in [4.78, 5) is 38.7. The highest BCUT2D eigenvalue weighted by molar-refractivity contribution is 5.96. The first-order chi connectivity index (χ1) is 12.4. The van der Waals surface area contributed by atoms with Gasteiger partial charge >= 0.3 is 5.97 Å². The number of hydrogen-bond acceptors (Lipinski definition) is 4. The summed E-state index contributed by atoms with van der Waals surface area (Å²) in [7, 11) is 0. The van der Waals surface area contributed by atoms with Crippen molar-refractivity contribution in [3.63, 3.8) is 0 Å². The van der Waals surface area contributed by atoms with Gasteiger partial charge in [0.15, 0.2) is 0 Å². The topological polar surface area (TPSA) is 90.0 Å². The van der Waals surface area contributed by atoms with Crippen molar-refractivity contribution in [3.05, 3.63) is 29.8 Å². The monoisotopic (exact) mass is 361 g/mol. The third kappa shape index (κ3) is 5.21. The van der Waals surface area contributed by atoms with Gasteiger partial charge in [-0.25, -0.2) is 4.79 Å². The normalized spacial score (nSPS) is 15.2. The smallest absolute Gasteiger partial charge is 0.326 e. The van der Waals surface area contributed by atoms with Gasteiger partial charge in [-0.05, 0) is 50.5 Å². The van der Waals surface area contributed by atoms with Gasteiger partial charge in [0.25, 0.3) is 5.91 Å². The van der Waals surface area contributed by atoms with E-state index >= 15 is 0 Å². The Hall–Kier alpha value is -2.57. The Balaban J connectivity index is 2.10. The minimum Gasteiger partial charge on any atom is -0.480 e. The summed E-state index contributed by atoms with van der Waals surface area (Å²) in [6.07, 6.45) is 3.60. The number of hydrogen-bond donors (Lipinski definition) is 2. The van der Waals surface area contributed by atoms with E-state index in [4.69, 9.17) is 0 Å². The zero-order valence-corrected chi connectivity index (χ0v) is 15.4. The standard InChI is InChI=1S/C19H27N3O4/c1-14(19(25)26)22(13-10-20-15(2)23)18(24)16-6-8-17(9-7-16)21-11-4-3-5-12-21/h6-9,14H,3-5,10-13H2,1-2H3,(H,20,23)(H,25,26). The van der Waals surface area contributed by atoms with Crippen molar-refractivity contribution in [1.29, 1.82) is 0 Å². The molecule has 7 nitrogen and oxygen atoms in total. The van der Waals surface area contributed by atoms with E-state index in [0.29, 0.717) is 5.56 Å². The number of piperidine rings is 1. The van der Waals surface area contributed by atoms with Crippen molar-refractivity contribution < 1.29 is 19.5 Å². The van der Waals surface area contributed by atoms with E-state index in [1.54, 1.807) is 12.1 Å². The fraction of sp³-hybridized carbons (Fsp3) is 0.526. The number of carbonyl (C=O) groups excluding carboxylic acids is 2. The lowest BCUT2D eigenvalue weighted by Gasteiger charge is -2.29. The second kappa shape index (κ2) is 9.22. The number of benzene rings is 1. The van der Waals surface area contributed by atoms with E-state index in [0.717, 1.165) is 18.8 Å². The van der Waals surface area contributed by atoms with E-state index in [9.17, 15) is 19.5 Å². The molecular weight excluding hydrogens is 334 g/mol. The summed E-state index contributed by atoms with van der Waals surface area (Å²) in [5.41, 5.74) is 1.53. The molecule has 1 aromatic carbocycles. The van der Waals surface area contributed by atoms with Crippen LogP contribution in [0.2, 0.25) is 0 Å². The number of anilines is 1. The second-order valence-corrected chi connectivity index (χ2v) is 6.59. The minimum atomic E-state index is -1.08. The van der Waals surface area contributed by atoms with Crippen LogP contribution in [0.25, 0.3) is 0 Å². The number of carboxylic acids is 1. The average molecular weight is 361 g/mol. The largest absolute Gasteiger partial charge is 0.480 e. The van der Waals surface area contributed by atoms with Gasteiger partial charge in [-0.15, -0.1) is 0 Å². The molecule has 1 atom stereocenters. The number of nitrogens with zero attached hydrogens (tertiary/aromatic N) is 2. The Labute approximate surface area is 154 Å². The molecular formula is C19H27N3O4. The molecule has 0 bridgehead atoms. The van der Waals surface area contributed by atoms with Crippen LogP contribution in [0.5, 0.6) is 0 Å². The quantitative estimate of drug-likeness (QED) is 0.772. The predicted octanol–water partition coefficient (Wildman–Crippen LogP) is 1.73. The fourth-order valence-electron chi connectivity index (χ4n) is 3.09. The predicted molar refractivity (Wildman–Crippen MR) is 99.3 cm³/mol. The van der Waals surface area contributed by atoms with Gasteiger partial charge in [-0.3, -0.25) is 9.59 Å². The highest BCUT2D eigenvalue weighted by Crippen LogP contribution is 2.21. The lowest BCUT2D eigenvalue weighted by Crippen LogP contribution is -2.46. The fourth-order valence-corrected chi connectivity index (χ4v) is 3.09. The zero-order valence-electron chi connectivity index (χ0n) is 15.4. The van der Waals surface area contributed by atoms with Gasteiger partial charge in [0.2, 0.25) is 5.91 Å². The maximum Gasteiger partial charge on any atom is 0.326 e. The van der Waals surface area contributed by atoms with Crippen LogP contribution in [0.3, 0.4) is 0 Å². The van der Waals surface area contributed by atoms with Crippen molar-refractivity contribution in [2.24, 2.45) is 0 Å². The third-order valence-corrected chi connectivity index (χ3v) is 4.65. The molecule has 142 valence electrons. The van der Waals surface area contributed by atoms with E-state index < -0.39 is 12.0 Å². The van der Waals surface area contributed by atoms with Gasteiger partial charge in [0.1, 0.15) is 6.04 Å². The van der Waals surface area contributed by atoms with Crippen molar-refractivity contribution in [2.45, 2.75) is 39.2 Å². The van der Waals surface area contributed by atoms with Crippen LogP contribution in [0.4, 0.5) is 5.69 Å². The Morgan fingerprint density at radius 3 is 2.31 bits per heavy atom. The molecule has 2 N–H and O–H groups in total. The molecule has 26 heavy (non-hydrogen) atoms. The Morgan fingerprint density at radius 2 is 1.77 bits per heavy atom. The number of rotatable bonds is 7. The maximum absolute atomic E-state index is 12.8. The number of amides is 2. The molecule has 0 radical (unpaired) electrons. The highest BCUT2D eigenvalue weighted by Gasteiger charge is 2.26. The van der Waals surface area contributed by atoms with E-state index in [1.165, 1.54) is 38.0 Å². The Morgan fingerprint density at radius 1 is 1.15 bits per heavy atom. The molecule has 1 fully saturated rings. The average Bonchev–Trinajstić information content (AvgIpc) is 2.65. The highest BCUT2D eigenvalue weighted by atomic mass is 16.4. The summed E-state index contributed by atoms with van der Waals surface area (Å²) in [6, 6.07) is 6.34. The number of carboxylic acid groups (broad SMARTS) is 1. The molecule has 1 heterocycles. The Kier molecular flexibility index (Phi) is 7.00. The van der Waals surface area contributed by atoms with E-state index in [2.05, 4.69) is 10.2 Å². The summed E-state index contributed by atoms with van der Waals surface area (Å²) in [5.74, 6) is -1.65. The van der Waals surface area contributed by atoms with Crippen LogP contribution in [0.15, 0.2) is 24.3 Å². The van der Waals surface area contributed by atoms with Crippen LogP contribution >= 0.6 is 0 Å². The van der Waals surface area contributed by atoms with Gasteiger partial charge in [0.05, 0.1) is 0 Å². The molecule has 2 amide bonds. The second-order valence-electron chi connectivity index (χ2n) is 6.59. The van der Waals surface area contributed by atoms with Gasteiger partial charge in [-0.1, -0.05) is 0 Å². The van der Waals surface area contributed by atoms with Crippen LogP contribution in [-0.4, -0.2) is 60.0 Å². The first-order valence-electron chi connectivity index (χ1n) is 9.03. The summed E-state index contributed by atoms with van der Waals surface area (Å²) in [6.45, 7) is 5.24. The van der Waals surface area contributed by atoms with Crippen molar-refractivity contribution in [2.75, 3.05) is 31.1 Å². The molecule has 7 heteroatoms. The minimum absolute atomic E-state index is 0.139. The summed E-state index contributed by atoms with van der Waals surface area (Å²) in [5, 5.41) is 11.9. The van der Waals surface area contributed by atoms with Gasteiger partial charge in [-0.2, -0.15) is 0 Å². The van der Waals surface area contributed by atoms with Crippen LogP contribution < -0.4 is 10.2 Å². The molecule has 1 aliphatic rings. The van der Waals surface area contributed by atoms with Crippen LogP contribution in [0.1, 0.15) is 43.5 Å². The SMILES string of the molecule is CC(=O)NCCN(C(=O)c1ccc(N2CCCCC2)cc1)C(C)C(=O)O. The zero-order chi connectivity index (χ0) is 19.1. The summed E-state index contributed by atoms with van der Waals surface area (Å²) >= 11 is 0. The molecule has 1 aliphatic heterocycles. The number of nitrogens with one attached hydrogen (secondary N) is 1. The third-order valence-electron chi connectivity index (χ3n) is 4.65. The van der Waals surface area contributed by atoms with E-state index in [1.807, 2.05) is 12.1 Å². The summed E-state index contributed by atoms with van der Waals surface area (Å²) < 4.78 is 0. The van der Waals surface area contributed by atoms with Gasteiger partial charge in [0, 0.05) is 44.4 Å². The van der Waals surface area contributed by atoms with Crippen molar-refractivity contribution in [3.8, 4) is 0 Å². The van der Waals surface area contributed by atoms with Gasteiger partial charge < -0.3 is 20.2 Å². The van der Waals surface area contributed by atoms with E-state index in [-0.39, 0.29) is 24.9 Å². The van der Waals surface area contributed by atoms with Crippen LogP contribution in [-0.2, 0) is 9.59 Å². The first kappa shape index (κ1) is 19.8. The van der Waals surface area contributed by atoms with Crippen molar-refractivity contribution >= 4 is 23.5 Å². The first-order valence-corrected chi connectivity index (χ1v) is 9.03. The van der Waals surface area contributed by atoms with Crippen molar-refractivity contribution in [1.82, 2.24) is 10.2 Å². The Bertz CT molecular complexity index is 639. The number of carbonyl (C=O) groups is 3. The molecule has 1 aromatic rings. The molecule has 0 saturated carbocycles. The lowest BCUT2D eigenvalue weighted by atomic mass is 10.1. The number of aliphatic carboxylic acids is 1. The molecule has 2 rings (SSSR count). The molecule has 0 aromatic heterocycles. The molecule has 1 saturated heterocycles. The molecule has 0 aliphatic carbocycles.